The van der Waals surface area contributed by atoms with Crippen LogP contribution in [0.5, 0.6) is 0 Å². The Morgan fingerprint density at radius 1 is 1.44 bits per heavy atom. The molecule has 1 aliphatic heterocycles. The van der Waals surface area contributed by atoms with Crippen molar-refractivity contribution in [3.63, 3.8) is 0 Å². The lowest BCUT2D eigenvalue weighted by atomic mass is 10.2. The molecule has 1 aromatic heterocycles. The fraction of sp³-hybridized carbons (Fsp3) is 0.308. The van der Waals surface area contributed by atoms with Crippen LogP contribution in [0.25, 0.3) is 11.3 Å². The predicted molar refractivity (Wildman–Crippen MR) is 68.2 cm³/mol. The first-order chi connectivity index (χ1) is 8.70. The topological polar surface area (TPSA) is 49.5 Å². The Morgan fingerprint density at radius 3 is 3.00 bits per heavy atom. The second-order valence-electron chi connectivity index (χ2n) is 4.48. The van der Waals surface area contributed by atoms with Gasteiger partial charge in [0.05, 0.1) is 18.8 Å². The fourth-order valence-electron chi connectivity index (χ4n) is 2.02. The van der Waals surface area contributed by atoms with Crippen LogP contribution < -0.4 is 0 Å². The van der Waals surface area contributed by atoms with Gasteiger partial charge in [0.25, 0.3) is 0 Å². The van der Waals surface area contributed by atoms with Gasteiger partial charge < -0.3 is 9.52 Å². The molecule has 94 valence electrons. The fourth-order valence-corrected chi connectivity index (χ4v) is 2.21. The van der Waals surface area contributed by atoms with Crippen LogP contribution in [0.4, 0.5) is 0 Å². The first-order valence-corrected chi connectivity index (χ1v) is 6.19. The second kappa shape index (κ2) is 4.72. The lowest BCUT2D eigenvalue weighted by Crippen LogP contribution is -2.49. The number of hydrogen-bond donors (Lipinski definition) is 1. The minimum absolute atomic E-state index is 0.202. The van der Waals surface area contributed by atoms with Crippen molar-refractivity contribution in [3.8, 4) is 11.3 Å². The first kappa shape index (κ1) is 11.7. The molecule has 2 heterocycles. The molecular formula is C13H13ClN2O2. The van der Waals surface area contributed by atoms with Crippen molar-refractivity contribution >= 4 is 11.6 Å². The van der Waals surface area contributed by atoms with Crippen molar-refractivity contribution in [1.82, 2.24) is 9.88 Å². The van der Waals surface area contributed by atoms with Gasteiger partial charge in [-0.05, 0) is 12.1 Å². The first-order valence-electron chi connectivity index (χ1n) is 5.82. The monoisotopic (exact) mass is 264 g/mol. The molecule has 3 rings (SSSR count). The Morgan fingerprint density at radius 2 is 2.28 bits per heavy atom. The van der Waals surface area contributed by atoms with E-state index in [4.69, 9.17) is 16.0 Å². The Hall–Kier alpha value is -1.36. The van der Waals surface area contributed by atoms with Crippen LogP contribution in [-0.4, -0.2) is 34.2 Å². The number of aliphatic hydroxyl groups is 1. The molecule has 4 nitrogen and oxygen atoms in total. The van der Waals surface area contributed by atoms with Crippen LogP contribution in [0, 0.1) is 0 Å². The average Bonchev–Trinajstić information content (AvgIpc) is 2.76. The summed E-state index contributed by atoms with van der Waals surface area (Å²) < 4.78 is 5.67. The molecule has 1 N–H and O–H groups in total. The number of nitrogens with zero attached hydrogens (tertiary/aromatic N) is 2. The van der Waals surface area contributed by atoms with E-state index in [9.17, 15) is 5.11 Å². The molecule has 0 unspecified atom stereocenters. The largest absolute Gasteiger partial charge is 0.439 e. The molecular weight excluding hydrogens is 252 g/mol. The summed E-state index contributed by atoms with van der Waals surface area (Å²) in [6, 6.07) is 7.48. The van der Waals surface area contributed by atoms with E-state index in [1.165, 1.54) is 0 Å². The zero-order chi connectivity index (χ0) is 12.5. The summed E-state index contributed by atoms with van der Waals surface area (Å²) in [5, 5.41) is 9.88. The van der Waals surface area contributed by atoms with Gasteiger partial charge in [0.2, 0.25) is 5.89 Å². The van der Waals surface area contributed by atoms with Gasteiger partial charge in [0.15, 0.2) is 5.76 Å². The van der Waals surface area contributed by atoms with E-state index in [2.05, 4.69) is 9.88 Å². The quantitative estimate of drug-likeness (QED) is 0.923. The number of rotatable bonds is 3. The SMILES string of the molecule is OC1CN(Cc2ncc(-c3cccc(Cl)c3)o2)C1. The van der Waals surface area contributed by atoms with E-state index in [1.54, 1.807) is 6.20 Å². The number of aromatic nitrogens is 1. The van der Waals surface area contributed by atoms with Crippen molar-refractivity contribution in [2.24, 2.45) is 0 Å². The molecule has 0 atom stereocenters. The molecule has 0 spiro atoms. The Labute approximate surface area is 110 Å². The molecule has 5 heteroatoms. The van der Waals surface area contributed by atoms with Gasteiger partial charge in [0.1, 0.15) is 0 Å². The summed E-state index contributed by atoms with van der Waals surface area (Å²) in [4.78, 5) is 6.32. The van der Waals surface area contributed by atoms with Crippen molar-refractivity contribution < 1.29 is 9.52 Å². The number of likely N-dealkylation sites (tertiary alicyclic amines) is 1. The van der Waals surface area contributed by atoms with Crippen LogP contribution >= 0.6 is 11.6 Å². The molecule has 1 aromatic carbocycles. The normalized spacial score (nSPS) is 16.8. The summed E-state index contributed by atoms with van der Waals surface area (Å²) in [5.74, 6) is 1.38. The molecule has 2 aromatic rings. The van der Waals surface area contributed by atoms with Gasteiger partial charge in [-0.1, -0.05) is 23.7 Å². The molecule has 0 amide bonds. The lowest BCUT2D eigenvalue weighted by Gasteiger charge is -2.34. The number of hydrogen-bond acceptors (Lipinski definition) is 4. The van der Waals surface area contributed by atoms with Crippen LogP contribution in [0.3, 0.4) is 0 Å². The maximum Gasteiger partial charge on any atom is 0.209 e. The van der Waals surface area contributed by atoms with E-state index in [0.717, 1.165) is 5.56 Å². The van der Waals surface area contributed by atoms with E-state index in [0.29, 0.717) is 36.3 Å². The zero-order valence-electron chi connectivity index (χ0n) is 9.71. The van der Waals surface area contributed by atoms with Gasteiger partial charge in [-0.3, -0.25) is 4.90 Å². The molecule has 1 fully saturated rings. The minimum Gasteiger partial charge on any atom is -0.439 e. The van der Waals surface area contributed by atoms with Crippen molar-refractivity contribution in [2.75, 3.05) is 13.1 Å². The summed E-state index contributed by atoms with van der Waals surface area (Å²) in [6.07, 6.45) is 1.50. The molecule has 1 aliphatic rings. The lowest BCUT2D eigenvalue weighted by molar-refractivity contribution is -0.00708. The van der Waals surface area contributed by atoms with E-state index < -0.39 is 0 Å². The molecule has 0 aliphatic carbocycles. The number of β-amino-alcohol motifs (C(OH)–C–C–N with tert-alkyl or cyclic N) is 1. The third kappa shape index (κ3) is 2.41. The summed E-state index contributed by atoms with van der Waals surface area (Å²) >= 11 is 5.94. The van der Waals surface area contributed by atoms with Crippen LogP contribution in [0.2, 0.25) is 5.02 Å². The van der Waals surface area contributed by atoms with E-state index in [1.807, 2.05) is 24.3 Å². The van der Waals surface area contributed by atoms with E-state index in [-0.39, 0.29) is 6.10 Å². The highest BCUT2D eigenvalue weighted by atomic mass is 35.5. The van der Waals surface area contributed by atoms with Gasteiger partial charge >= 0.3 is 0 Å². The maximum atomic E-state index is 9.20. The molecule has 0 saturated carbocycles. The summed E-state index contributed by atoms with van der Waals surface area (Å²) in [7, 11) is 0. The molecule has 0 radical (unpaired) electrons. The van der Waals surface area contributed by atoms with Gasteiger partial charge in [-0.2, -0.15) is 0 Å². The standard InChI is InChI=1S/C13H13ClN2O2/c14-10-3-1-2-9(4-10)12-5-15-13(18-12)8-16-6-11(17)7-16/h1-5,11,17H,6-8H2. The third-order valence-electron chi connectivity index (χ3n) is 2.96. The number of aliphatic hydroxyl groups excluding tert-OH is 1. The average molecular weight is 265 g/mol. The summed E-state index contributed by atoms with van der Waals surface area (Å²) in [5.41, 5.74) is 0.921. The predicted octanol–water partition coefficient (Wildman–Crippen LogP) is 2.17. The minimum atomic E-state index is -0.202. The Kier molecular flexibility index (Phi) is 3.07. The van der Waals surface area contributed by atoms with Crippen LogP contribution in [-0.2, 0) is 6.54 Å². The van der Waals surface area contributed by atoms with Crippen molar-refractivity contribution in [2.45, 2.75) is 12.6 Å². The van der Waals surface area contributed by atoms with Crippen molar-refractivity contribution in [3.05, 3.63) is 41.4 Å². The molecule has 1 saturated heterocycles. The number of halogens is 1. The highest BCUT2D eigenvalue weighted by Gasteiger charge is 2.25. The van der Waals surface area contributed by atoms with Crippen LogP contribution in [0.1, 0.15) is 5.89 Å². The van der Waals surface area contributed by atoms with E-state index >= 15 is 0 Å². The molecule has 18 heavy (non-hydrogen) atoms. The van der Waals surface area contributed by atoms with Gasteiger partial charge in [-0.15, -0.1) is 0 Å². The van der Waals surface area contributed by atoms with Gasteiger partial charge in [0, 0.05) is 23.7 Å². The van der Waals surface area contributed by atoms with Crippen LogP contribution in [0.15, 0.2) is 34.9 Å². The highest BCUT2D eigenvalue weighted by molar-refractivity contribution is 6.30. The third-order valence-corrected chi connectivity index (χ3v) is 3.19. The number of oxazole rings is 1. The molecule has 0 bridgehead atoms. The summed E-state index contributed by atoms with van der Waals surface area (Å²) in [6.45, 7) is 2.02. The maximum absolute atomic E-state index is 9.20. The highest BCUT2D eigenvalue weighted by Crippen LogP contribution is 2.24. The van der Waals surface area contributed by atoms with Gasteiger partial charge in [-0.25, -0.2) is 4.98 Å². The second-order valence-corrected chi connectivity index (χ2v) is 4.91. The smallest absolute Gasteiger partial charge is 0.209 e. The number of benzene rings is 1. The zero-order valence-corrected chi connectivity index (χ0v) is 10.5. The Balaban J connectivity index is 1.73. The van der Waals surface area contributed by atoms with Crippen molar-refractivity contribution in [1.29, 1.82) is 0 Å². The Bertz CT molecular complexity index is 549.